The molecule has 0 amide bonds. The van der Waals surface area contributed by atoms with Gasteiger partial charge >= 0.3 is 5.97 Å². The predicted octanol–water partition coefficient (Wildman–Crippen LogP) is 4.25. The van der Waals surface area contributed by atoms with Gasteiger partial charge in [0.05, 0.1) is 26.5 Å². The first-order valence-corrected chi connectivity index (χ1v) is 9.28. The number of nitrogens with zero attached hydrogens (tertiary/aromatic N) is 1. The molecule has 0 saturated carbocycles. The molecule has 6 heteroatoms. The molecule has 5 nitrogen and oxygen atoms in total. The van der Waals surface area contributed by atoms with E-state index in [2.05, 4.69) is 9.97 Å². The third kappa shape index (κ3) is 3.80. The van der Waals surface area contributed by atoms with Crippen LogP contribution in [0.4, 0.5) is 0 Å². The van der Waals surface area contributed by atoms with Crippen LogP contribution in [0, 0.1) is 0 Å². The molecular weight excluding hydrogens is 360 g/mol. The molecule has 0 saturated heterocycles. The minimum absolute atomic E-state index is 0.267. The zero-order chi connectivity index (χ0) is 18.6. The third-order valence-electron chi connectivity index (χ3n) is 4.15. The fraction of sp³-hybridized carbons (Fsp3) is 0.0952. The fourth-order valence-electron chi connectivity index (χ4n) is 2.82. The van der Waals surface area contributed by atoms with Crippen LogP contribution in [0.15, 0.2) is 66.9 Å². The summed E-state index contributed by atoms with van der Waals surface area (Å²) in [5, 5.41) is 0.930. The van der Waals surface area contributed by atoms with Crippen LogP contribution in [0.5, 0.6) is 0 Å². The summed E-state index contributed by atoms with van der Waals surface area (Å²) >= 11 is 1.61. The number of para-hydroxylation sites is 1. The van der Waals surface area contributed by atoms with E-state index in [0.29, 0.717) is 17.7 Å². The number of thiazole rings is 1. The highest BCUT2D eigenvalue weighted by atomic mass is 32.1. The number of aromatic amines is 1. The van der Waals surface area contributed by atoms with Crippen molar-refractivity contribution in [1.82, 2.24) is 9.97 Å². The normalized spacial score (nSPS) is 10.8. The average Bonchev–Trinajstić information content (AvgIpc) is 3.35. The van der Waals surface area contributed by atoms with Gasteiger partial charge in [-0.3, -0.25) is 4.79 Å². The van der Waals surface area contributed by atoms with Gasteiger partial charge < -0.3 is 9.72 Å². The van der Waals surface area contributed by atoms with Crippen molar-refractivity contribution < 1.29 is 14.3 Å². The molecule has 2 aromatic carbocycles. The Balaban J connectivity index is 1.50. The quantitative estimate of drug-likeness (QED) is 0.403. The summed E-state index contributed by atoms with van der Waals surface area (Å²) < 4.78 is 6.34. The number of rotatable bonds is 6. The lowest BCUT2D eigenvalue weighted by atomic mass is 10.1. The molecule has 1 N–H and O–H groups in total. The van der Waals surface area contributed by atoms with Crippen molar-refractivity contribution in [1.29, 1.82) is 0 Å². The first-order valence-electron chi connectivity index (χ1n) is 8.47. The van der Waals surface area contributed by atoms with Crippen LogP contribution >= 0.6 is 11.3 Å². The monoisotopic (exact) mass is 376 g/mol. The number of ether oxygens (including phenoxy) is 1. The number of benzene rings is 2. The maximum absolute atomic E-state index is 12.5. The topological polar surface area (TPSA) is 72.1 Å². The number of esters is 1. The zero-order valence-corrected chi connectivity index (χ0v) is 15.2. The molecule has 0 spiro atoms. The highest BCUT2D eigenvalue weighted by Gasteiger charge is 2.16. The van der Waals surface area contributed by atoms with E-state index >= 15 is 0 Å². The molecule has 4 aromatic rings. The third-order valence-corrected chi connectivity index (χ3v) is 5.19. The second-order valence-electron chi connectivity index (χ2n) is 5.99. The van der Waals surface area contributed by atoms with Crippen LogP contribution in [0.1, 0.15) is 31.4 Å². The molecule has 0 atom stereocenters. The van der Waals surface area contributed by atoms with E-state index in [-0.39, 0.29) is 12.4 Å². The molecular formula is C21H16N2O3S. The molecule has 0 fully saturated rings. The van der Waals surface area contributed by atoms with Crippen molar-refractivity contribution in [2.24, 2.45) is 0 Å². The van der Waals surface area contributed by atoms with Crippen LogP contribution in [0.2, 0.25) is 0 Å². The highest BCUT2D eigenvalue weighted by Crippen LogP contribution is 2.25. The Kier molecular flexibility index (Phi) is 4.80. The summed E-state index contributed by atoms with van der Waals surface area (Å²) in [4.78, 5) is 31.9. The van der Waals surface area contributed by atoms with Gasteiger partial charge in [0.2, 0.25) is 5.78 Å². The maximum Gasteiger partial charge on any atom is 0.338 e. The van der Waals surface area contributed by atoms with Crippen LogP contribution < -0.4 is 0 Å². The number of Topliss-reactive ketones (excluding diaryl/α,β-unsaturated/α-hetero) is 1. The number of carbonyl (C=O) groups excluding carboxylic acids is 2. The lowest BCUT2D eigenvalue weighted by Crippen LogP contribution is -2.15. The summed E-state index contributed by atoms with van der Waals surface area (Å²) in [6.45, 7) is -0.297. The first kappa shape index (κ1) is 17.2. The smallest absolute Gasteiger partial charge is 0.338 e. The molecule has 0 radical (unpaired) electrons. The van der Waals surface area contributed by atoms with E-state index in [9.17, 15) is 9.59 Å². The molecule has 0 bridgehead atoms. The van der Waals surface area contributed by atoms with E-state index in [4.69, 9.17) is 4.74 Å². The van der Waals surface area contributed by atoms with Gasteiger partial charge in [-0.1, -0.05) is 30.3 Å². The van der Waals surface area contributed by atoms with Crippen LogP contribution in [-0.4, -0.2) is 28.3 Å². The van der Waals surface area contributed by atoms with Crippen molar-refractivity contribution in [2.45, 2.75) is 6.42 Å². The van der Waals surface area contributed by atoms with Gasteiger partial charge in [-0.2, -0.15) is 0 Å². The number of nitrogens with one attached hydrogen (secondary N) is 1. The van der Waals surface area contributed by atoms with Crippen LogP contribution in [0.25, 0.3) is 10.2 Å². The summed E-state index contributed by atoms with van der Waals surface area (Å²) in [5.41, 5.74) is 2.66. The van der Waals surface area contributed by atoms with Crippen molar-refractivity contribution >= 4 is 33.3 Å². The number of carbonyl (C=O) groups is 2. The highest BCUT2D eigenvalue weighted by molar-refractivity contribution is 7.18. The van der Waals surface area contributed by atoms with Crippen LogP contribution in [-0.2, 0) is 11.2 Å². The Labute approximate surface area is 159 Å². The molecule has 0 aliphatic carbocycles. The van der Waals surface area contributed by atoms with Gasteiger partial charge in [-0.25, -0.2) is 9.78 Å². The van der Waals surface area contributed by atoms with E-state index in [1.807, 2.05) is 36.4 Å². The zero-order valence-electron chi connectivity index (χ0n) is 14.3. The average molecular weight is 376 g/mol. The first-order chi connectivity index (χ1) is 13.2. The van der Waals surface area contributed by atoms with Gasteiger partial charge in [0.15, 0.2) is 6.61 Å². The summed E-state index contributed by atoms with van der Waals surface area (Å²) in [6.07, 6.45) is 2.19. The Morgan fingerprint density at radius 3 is 2.63 bits per heavy atom. The predicted molar refractivity (Wildman–Crippen MR) is 104 cm³/mol. The fourth-order valence-corrected chi connectivity index (χ4v) is 3.81. The summed E-state index contributed by atoms with van der Waals surface area (Å²) in [5.74, 6) is -0.774. The van der Waals surface area contributed by atoms with Crippen molar-refractivity contribution in [3.8, 4) is 0 Å². The number of ketones is 1. The Morgan fingerprint density at radius 2 is 1.81 bits per heavy atom. The number of H-pyrrole nitrogens is 1. The van der Waals surface area contributed by atoms with Crippen molar-refractivity contribution in [2.75, 3.05) is 6.61 Å². The van der Waals surface area contributed by atoms with Crippen molar-refractivity contribution in [3.05, 3.63) is 88.7 Å². The molecule has 0 aliphatic heterocycles. The molecule has 2 heterocycles. The molecule has 4 rings (SSSR count). The molecule has 2 aromatic heterocycles. The molecule has 134 valence electrons. The standard InChI is InChI=1S/C21H16N2O3S/c24-18(16-9-5-11-22-16)13-26-21(25)15-7-2-1-6-14(15)12-20-23-17-8-3-4-10-19(17)27-20/h1-11,22H,12-13H2. The summed E-state index contributed by atoms with van der Waals surface area (Å²) in [6, 6.07) is 18.6. The Bertz CT molecular complexity index is 1070. The van der Waals surface area contributed by atoms with Gasteiger partial charge in [0.1, 0.15) is 0 Å². The molecule has 27 heavy (non-hydrogen) atoms. The maximum atomic E-state index is 12.5. The van der Waals surface area contributed by atoms with E-state index in [1.165, 1.54) is 0 Å². The summed E-state index contributed by atoms with van der Waals surface area (Å²) in [7, 11) is 0. The van der Waals surface area contributed by atoms with Gasteiger partial charge in [0.25, 0.3) is 0 Å². The van der Waals surface area contributed by atoms with Gasteiger partial charge in [-0.15, -0.1) is 11.3 Å². The number of hydrogen-bond acceptors (Lipinski definition) is 5. The van der Waals surface area contributed by atoms with E-state index < -0.39 is 5.97 Å². The van der Waals surface area contributed by atoms with Gasteiger partial charge in [0, 0.05) is 12.6 Å². The van der Waals surface area contributed by atoms with Crippen LogP contribution in [0.3, 0.4) is 0 Å². The van der Waals surface area contributed by atoms with Crippen molar-refractivity contribution in [3.63, 3.8) is 0 Å². The molecule has 0 unspecified atom stereocenters. The van der Waals surface area contributed by atoms with Gasteiger partial charge in [-0.05, 0) is 35.9 Å². The minimum Gasteiger partial charge on any atom is -0.454 e. The number of fused-ring (bicyclic) bond motifs is 1. The SMILES string of the molecule is O=C(COC(=O)c1ccccc1Cc1nc2ccccc2s1)c1ccc[nH]1. The Hall–Kier alpha value is -3.25. The lowest BCUT2D eigenvalue weighted by molar-refractivity contribution is 0.0472. The number of aromatic nitrogens is 2. The molecule has 0 aliphatic rings. The lowest BCUT2D eigenvalue weighted by Gasteiger charge is -2.08. The second-order valence-corrected chi connectivity index (χ2v) is 7.11. The van der Waals surface area contributed by atoms with E-state index in [1.54, 1.807) is 41.8 Å². The Morgan fingerprint density at radius 1 is 1.00 bits per heavy atom. The largest absolute Gasteiger partial charge is 0.454 e. The second kappa shape index (κ2) is 7.55. The number of hydrogen-bond donors (Lipinski definition) is 1. The minimum atomic E-state index is -0.508. The van der Waals surface area contributed by atoms with E-state index in [0.717, 1.165) is 20.8 Å².